The Labute approximate surface area is 153 Å². The molecule has 0 spiro atoms. The van der Waals surface area contributed by atoms with Gasteiger partial charge in [0.05, 0.1) is 21.7 Å². The molecule has 0 saturated heterocycles. The molecule has 0 N–H and O–H groups in total. The lowest BCUT2D eigenvalue weighted by Crippen LogP contribution is -1.93. The van der Waals surface area contributed by atoms with Gasteiger partial charge < -0.3 is 4.74 Å². The molecule has 6 heteroatoms. The number of nitrogens with zero attached hydrogens (tertiary/aromatic N) is 2. The van der Waals surface area contributed by atoms with Crippen LogP contribution in [-0.4, -0.2) is 11.6 Å². The van der Waals surface area contributed by atoms with Crippen molar-refractivity contribution in [3.63, 3.8) is 0 Å². The molecular weight excluding hydrogens is 360 g/mol. The molecule has 0 fully saturated rings. The van der Waals surface area contributed by atoms with Crippen LogP contribution in [0.2, 0.25) is 5.02 Å². The monoisotopic (exact) mass is 372 g/mol. The number of fused-ring (bicyclic) bond motifs is 1. The molecule has 3 aromatic rings. The van der Waals surface area contributed by atoms with Crippen molar-refractivity contribution in [1.29, 1.82) is 5.26 Å². The first-order chi connectivity index (χ1) is 11.7. The molecule has 0 aliphatic heterocycles. The Morgan fingerprint density at radius 3 is 2.96 bits per heavy atom. The van der Waals surface area contributed by atoms with E-state index in [0.717, 1.165) is 20.1 Å². The fourth-order valence-corrected chi connectivity index (χ4v) is 4.28. The van der Waals surface area contributed by atoms with Crippen molar-refractivity contribution >= 4 is 51.0 Å². The van der Waals surface area contributed by atoms with Crippen molar-refractivity contribution in [3.05, 3.63) is 58.0 Å². The zero-order valence-electron chi connectivity index (χ0n) is 12.8. The highest BCUT2D eigenvalue weighted by molar-refractivity contribution is 8.05. The van der Waals surface area contributed by atoms with E-state index in [0.29, 0.717) is 22.3 Å². The van der Waals surface area contributed by atoms with E-state index in [-0.39, 0.29) is 0 Å². The first-order valence-electron chi connectivity index (χ1n) is 7.27. The quantitative estimate of drug-likeness (QED) is 0.406. The molecule has 0 aliphatic carbocycles. The van der Waals surface area contributed by atoms with E-state index in [2.05, 4.69) is 11.1 Å². The summed E-state index contributed by atoms with van der Waals surface area (Å²) < 4.78 is 7.54. The van der Waals surface area contributed by atoms with Gasteiger partial charge >= 0.3 is 0 Å². The second kappa shape index (κ2) is 7.71. The zero-order valence-corrected chi connectivity index (χ0v) is 15.2. The van der Waals surface area contributed by atoms with Crippen molar-refractivity contribution in [3.8, 4) is 11.8 Å². The molecule has 0 aliphatic rings. The molecule has 24 heavy (non-hydrogen) atoms. The van der Waals surface area contributed by atoms with Crippen LogP contribution in [-0.2, 0) is 0 Å². The van der Waals surface area contributed by atoms with Gasteiger partial charge in [-0.1, -0.05) is 23.7 Å². The van der Waals surface area contributed by atoms with Crippen LogP contribution in [0.3, 0.4) is 0 Å². The molecular formula is C18H13ClN2OS2. The molecule has 0 amide bonds. The first kappa shape index (κ1) is 16.8. The maximum absolute atomic E-state index is 9.48. The Morgan fingerprint density at radius 2 is 2.21 bits per heavy atom. The van der Waals surface area contributed by atoms with Crippen molar-refractivity contribution in [2.45, 2.75) is 11.3 Å². The van der Waals surface area contributed by atoms with E-state index in [1.165, 1.54) is 11.8 Å². The molecule has 0 atom stereocenters. The van der Waals surface area contributed by atoms with Crippen LogP contribution in [0, 0.1) is 11.3 Å². The number of nitriles is 1. The summed E-state index contributed by atoms with van der Waals surface area (Å²) >= 11 is 8.99. The average molecular weight is 373 g/mol. The smallest absolute Gasteiger partial charge is 0.156 e. The lowest BCUT2D eigenvalue weighted by molar-refractivity contribution is 0.339. The summed E-state index contributed by atoms with van der Waals surface area (Å²) in [6.45, 7) is 2.47. The lowest BCUT2D eigenvalue weighted by Gasteiger charge is -2.07. The number of halogens is 1. The molecule has 0 saturated carbocycles. The maximum atomic E-state index is 9.48. The predicted molar refractivity (Wildman–Crippen MR) is 102 cm³/mol. The second-order valence-electron chi connectivity index (χ2n) is 4.79. The Kier molecular flexibility index (Phi) is 5.41. The normalized spacial score (nSPS) is 11.5. The predicted octanol–water partition coefficient (Wildman–Crippen LogP) is 6.01. The number of para-hydroxylation sites is 1. The fraction of sp³-hybridized carbons (Fsp3) is 0.111. The summed E-state index contributed by atoms with van der Waals surface area (Å²) in [6.07, 6.45) is 1.79. The molecule has 3 rings (SSSR count). The van der Waals surface area contributed by atoms with Gasteiger partial charge in [0.15, 0.2) is 4.34 Å². The van der Waals surface area contributed by atoms with Gasteiger partial charge in [-0.2, -0.15) is 5.26 Å². The van der Waals surface area contributed by atoms with Crippen molar-refractivity contribution < 1.29 is 4.74 Å². The van der Waals surface area contributed by atoms with Gasteiger partial charge in [0.1, 0.15) is 11.8 Å². The lowest BCUT2D eigenvalue weighted by atomic mass is 10.2. The van der Waals surface area contributed by atoms with Gasteiger partial charge in [-0.05, 0) is 55.1 Å². The SMILES string of the molecule is CCOc1ccc(Cl)cc1/C=C(\C#N)Sc1nc2ccccc2s1. The summed E-state index contributed by atoms with van der Waals surface area (Å²) in [7, 11) is 0. The number of hydrogen-bond acceptors (Lipinski definition) is 5. The van der Waals surface area contributed by atoms with E-state index >= 15 is 0 Å². The summed E-state index contributed by atoms with van der Waals surface area (Å²) in [4.78, 5) is 5.09. The van der Waals surface area contributed by atoms with E-state index in [1.807, 2.05) is 37.3 Å². The number of allylic oxidation sites excluding steroid dienone is 1. The Bertz CT molecular complexity index is 911. The molecule has 0 unspecified atom stereocenters. The average Bonchev–Trinajstić information content (AvgIpc) is 2.99. The summed E-state index contributed by atoms with van der Waals surface area (Å²) in [6, 6.07) is 15.5. The van der Waals surface area contributed by atoms with Gasteiger partial charge in [-0.3, -0.25) is 0 Å². The minimum Gasteiger partial charge on any atom is -0.493 e. The molecule has 0 radical (unpaired) electrons. The number of hydrogen-bond donors (Lipinski definition) is 0. The Hall–Kier alpha value is -2.00. The minimum absolute atomic E-state index is 0.539. The third-order valence-electron chi connectivity index (χ3n) is 3.14. The zero-order chi connectivity index (χ0) is 16.9. The first-order valence-corrected chi connectivity index (χ1v) is 9.28. The number of thiazole rings is 1. The number of ether oxygens (including phenoxy) is 1. The number of aromatic nitrogens is 1. The summed E-state index contributed by atoms with van der Waals surface area (Å²) in [5.41, 5.74) is 1.73. The van der Waals surface area contributed by atoms with Gasteiger partial charge in [-0.25, -0.2) is 4.98 Å². The number of benzene rings is 2. The number of rotatable bonds is 5. The molecule has 1 heterocycles. The highest BCUT2D eigenvalue weighted by atomic mass is 35.5. The van der Waals surface area contributed by atoms with Crippen molar-refractivity contribution in [2.75, 3.05) is 6.61 Å². The van der Waals surface area contributed by atoms with Crippen LogP contribution in [0.25, 0.3) is 16.3 Å². The third kappa shape index (κ3) is 3.90. The molecule has 1 aromatic heterocycles. The third-order valence-corrected chi connectivity index (χ3v) is 5.40. The van der Waals surface area contributed by atoms with E-state index in [1.54, 1.807) is 29.5 Å². The fourth-order valence-electron chi connectivity index (χ4n) is 2.13. The van der Waals surface area contributed by atoms with Gasteiger partial charge in [-0.15, -0.1) is 11.3 Å². The molecule has 2 aromatic carbocycles. The summed E-state index contributed by atoms with van der Waals surface area (Å²) in [5, 5.41) is 10.1. The summed E-state index contributed by atoms with van der Waals surface area (Å²) in [5.74, 6) is 0.708. The van der Waals surface area contributed by atoms with Crippen LogP contribution in [0.4, 0.5) is 0 Å². The largest absolute Gasteiger partial charge is 0.493 e. The van der Waals surface area contributed by atoms with Gasteiger partial charge in [0.25, 0.3) is 0 Å². The maximum Gasteiger partial charge on any atom is 0.156 e. The van der Waals surface area contributed by atoms with Gasteiger partial charge in [0.2, 0.25) is 0 Å². The van der Waals surface area contributed by atoms with Crippen LogP contribution >= 0.6 is 34.7 Å². The van der Waals surface area contributed by atoms with Crippen LogP contribution in [0.15, 0.2) is 51.7 Å². The van der Waals surface area contributed by atoms with E-state index < -0.39 is 0 Å². The van der Waals surface area contributed by atoms with Crippen LogP contribution < -0.4 is 4.74 Å². The van der Waals surface area contributed by atoms with Crippen LogP contribution in [0.1, 0.15) is 12.5 Å². The molecule has 3 nitrogen and oxygen atoms in total. The Balaban J connectivity index is 1.92. The second-order valence-corrected chi connectivity index (χ2v) is 7.54. The van der Waals surface area contributed by atoms with Crippen molar-refractivity contribution in [2.24, 2.45) is 0 Å². The number of thioether (sulfide) groups is 1. The van der Waals surface area contributed by atoms with E-state index in [9.17, 15) is 5.26 Å². The minimum atomic E-state index is 0.539. The highest BCUT2D eigenvalue weighted by Crippen LogP contribution is 2.35. The standard InChI is InChI=1S/C18H13ClN2OS2/c1-2-22-16-8-7-13(19)9-12(16)10-14(11-20)23-18-21-15-5-3-4-6-17(15)24-18/h3-10H,2H2,1H3/b14-10+. The topological polar surface area (TPSA) is 45.9 Å². The Morgan fingerprint density at radius 1 is 1.38 bits per heavy atom. The van der Waals surface area contributed by atoms with Gasteiger partial charge in [0, 0.05) is 10.6 Å². The van der Waals surface area contributed by atoms with E-state index in [4.69, 9.17) is 16.3 Å². The molecule has 0 bridgehead atoms. The molecule has 120 valence electrons. The van der Waals surface area contributed by atoms with Crippen LogP contribution in [0.5, 0.6) is 5.75 Å². The van der Waals surface area contributed by atoms with Crippen molar-refractivity contribution in [1.82, 2.24) is 4.98 Å². The highest BCUT2D eigenvalue weighted by Gasteiger charge is 2.09.